The Bertz CT molecular complexity index is 1630. The van der Waals surface area contributed by atoms with Gasteiger partial charge in [-0.1, -0.05) is 0 Å². The Morgan fingerprint density at radius 3 is 2.60 bits per heavy atom. The summed E-state index contributed by atoms with van der Waals surface area (Å²) in [5.41, 5.74) is 1.22. The van der Waals surface area contributed by atoms with Gasteiger partial charge in [0, 0.05) is 29.8 Å². The van der Waals surface area contributed by atoms with E-state index in [4.69, 9.17) is 4.74 Å². The van der Waals surface area contributed by atoms with E-state index in [0.29, 0.717) is 11.2 Å². The summed E-state index contributed by atoms with van der Waals surface area (Å²) < 4.78 is 36.4. The lowest BCUT2D eigenvalue weighted by molar-refractivity contribution is 0.102. The first kappa shape index (κ1) is 22.0. The molecule has 0 atom stereocenters. The van der Waals surface area contributed by atoms with Gasteiger partial charge in [0.1, 0.15) is 23.2 Å². The van der Waals surface area contributed by atoms with Crippen LogP contribution in [0.15, 0.2) is 84.2 Å². The highest BCUT2D eigenvalue weighted by Crippen LogP contribution is 2.29. The lowest BCUT2D eigenvalue weighted by Gasteiger charge is -2.11. The minimum Gasteiger partial charge on any atom is -0.434 e. The quantitative estimate of drug-likeness (QED) is 0.406. The van der Waals surface area contributed by atoms with Crippen LogP contribution in [0.25, 0.3) is 11.2 Å². The van der Waals surface area contributed by atoms with Gasteiger partial charge in [-0.2, -0.15) is 10.1 Å². The number of hydrogen-bond acceptors (Lipinski definition) is 5. The number of anilines is 1. The summed E-state index contributed by atoms with van der Waals surface area (Å²) in [6.45, 7) is 1.86. The number of aryl methyl sites for hydroxylation is 1. The van der Waals surface area contributed by atoms with Crippen LogP contribution < -0.4 is 15.6 Å². The second-order valence-electron chi connectivity index (χ2n) is 7.63. The van der Waals surface area contributed by atoms with Crippen LogP contribution in [0, 0.1) is 18.6 Å². The summed E-state index contributed by atoms with van der Waals surface area (Å²) in [5.74, 6) is -1.81. The van der Waals surface area contributed by atoms with Gasteiger partial charge >= 0.3 is 0 Å². The van der Waals surface area contributed by atoms with Gasteiger partial charge in [-0.05, 0) is 67.1 Å². The lowest BCUT2D eigenvalue weighted by atomic mass is 10.2. The van der Waals surface area contributed by atoms with E-state index in [1.165, 1.54) is 65.6 Å². The summed E-state index contributed by atoms with van der Waals surface area (Å²) in [6, 6.07) is 13.9. The number of carbonyl (C=O) groups is 1. The largest absolute Gasteiger partial charge is 0.434 e. The molecule has 3 aromatic heterocycles. The van der Waals surface area contributed by atoms with Gasteiger partial charge in [0.15, 0.2) is 11.6 Å². The Morgan fingerprint density at radius 2 is 1.83 bits per heavy atom. The number of benzene rings is 2. The Morgan fingerprint density at radius 1 is 1.03 bits per heavy atom. The number of pyridine rings is 1. The normalized spacial score (nSPS) is 10.9. The molecule has 0 aliphatic heterocycles. The predicted molar refractivity (Wildman–Crippen MR) is 124 cm³/mol. The SMILES string of the molecule is Cc1ccn2ncnc(Oc3ccc(NC(=O)c4cccn(-c5ccc(F)cc5)c4=O)cc3F)c12. The van der Waals surface area contributed by atoms with Crippen LogP contribution in [0.2, 0.25) is 0 Å². The molecule has 0 aliphatic rings. The van der Waals surface area contributed by atoms with Crippen molar-refractivity contribution in [2.45, 2.75) is 6.92 Å². The van der Waals surface area contributed by atoms with Crippen molar-refractivity contribution >= 4 is 17.1 Å². The summed E-state index contributed by atoms with van der Waals surface area (Å²) >= 11 is 0. The molecule has 35 heavy (non-hydrogen) atoms. The molecule has 0 unspecified atom stereocenters. The van der Waals surface area contributed by atoms with E-state index in [2.05, 4.69) is 15.4 Å². The van der Waals surface area contributed by atoms with Crippen molar-refractivity contribution < 1.29 is 18.3 Å². The number of hydrogen-bond donors (Lipinski definition) is 1. The topological polar surface area (TPSA) is 90.5 Å². The van der Waals surface area contributed by atoms with Crippen LogP contribution in [-0.2, 0) is 0 Å². The molecule has 5 aromatic rings. The minimum atomic E-state index is -0.736. The number of amides is 1. The first-order valence-corrected chi connectivity index (χ1v) is 10.5. The fourth-order valence-electron chi connectivity index (χ4n) is 3.59. The highest BCUT2D eigenvalue weighted by molar-refractivity contribution is 6.04. The molecule has 3 heterocycles. The zero-order chi connectivity index (χ0) is 24.5. The van der Waals surface area contributed by atoms with E-state index < -0.39 is 23.1 Å². The molecule has 0 radical (unpaired) electrons. The number of halogens is 2. The highest BCUT2D eigenvalue weighted by Gasteiger charge is 2.16. The first-order chi connectivity index (χ1) is 16.9. The number of fused-ring (bicyclic) bond motifs is 1. The third-order valence-electron chi connectivity index (χ3n) is 5.32. The van der Waals surface area contributed by atoms with Gasteiger partial charge in [0.25, 0.3) is 11.5 Å². The molecule has 10 heteroatoms. The van der Waals surface area contributed by atoms with Gasteiger partial charge in [0.05, 0.1) is 0 Å². The Hall–Kier alpha value is -4.86. The van der Waals surface area contributed by atoms with Crippen molar-refractivity contribution in [1.29, 1.82) is 0 Å². The van der Waals surface area contributed by atoms with Crippen molar-refractivity contribution in [2.24, 2.45) is 0 Å². The summed E-state index contributed by atoms with van der Waals surface area (Å²) in [4.78, 5) is 29.7. The molecule has 0 spiro atoms. The summed E-state index contributed by atoms with van der Waals surface area (Å²) in [7, 11) is 0. The van der Waals surface area contributed by atoms with Crippen LogP contribution in [0.4, 0.5) is 14.5 Å². The van der Waals surface area contributed by atoms with Crippen molar-refractivity contribution in [3.63, 3.8) is 0 Å². The van der Waals surface area contributed by atoms with E-state index in [0.717, 1.165) is 11.6 Å². The fourth-order valence-corrected chi connectivity index (χ4v) is 3.59. The van der Waals surface area contributed by atoms with Crippen LogP contribution in [0.3, 0.4) is 0 Å². The molecule has 2 aromatic carbocycles. The van der Waals surface area contributed by atoms with Crippen molar-refractivity contribution in [3.05, 3.63) is 112 Å². The number of ether oxygens (including phenoxy) is 1. The van der Waals surface area contributed by atoms with Gasteiger partial charge in [0.2, 0.25) is 5.88 Å². The first-order valence-electron chi connectivity index (χ1n) is 10.5. The maximum absolute atomic E-state index is 14.8. The Kier molecular flexibility index (Phi) is 5.54. The highest BCUT2D eigenvalue weighted by atomic mass is 19.1. The van der Waals surface area contributed by atoms with Crippen molar-refractivity contribution in [1.82, 2.24) is 19.2 Å². The summed E-state index contributed by atoms with van der Waals surface area (Å²) in [6.07, 6.45) is 4.50. The van der Waals surface area contributed by atoms with Crippen LogP contribution >= 0.6 is 0 Å². The molecule has 1 N–H and O–H groups in total. The average molecular weight is 473 g/mol. The molecule has 5 rings (SSSR count). The lowest BCUT2D eigenvalue weighted by Crippen LogP contribution is -2.27. The molecule has 0 saturated carbocycles. The van der Waals surface area contributed by atoms with E-state index in [1.54, 1.807) is 10.7 Å². The Balaban J connectivity index is 1.38. The standard InChI is InChI=1S/C25H17F2N5O3/c1-15-10-12-32-22(15)24(28-14-29-32)35-21-9-6-17(13-20(21)27)30-23(33)19-3-2-11-31(25(19)34)18-7-4-16(26)5-8-18/h2-14H,1H3,(H,30,33). The number of nitrogens with one attached hydrogen (secondary N) is 1. The maximum Gasteiger partial charge on any atom is 0.267 e. The number of nitrogens with zero attached hydrogens (tertiary/aromatic N) is 4. The molecule has 0 bridgehead atoms. The van der Waals surface area contributed by atoms with Gasteiger partial charge in [-0.3, -0.25) is 14.2 Å². The second-order valence-corrected chi connectivity index (χ2v) is 7.63. The number of aromatic nitrogens is 4. The van der Waals surface area contributed by atoms with Crippen molar-refractivity contribution in [2.75, 3.05) is 5.32 Å². The fraction of sp³-hybridized carbons (Fsp3) is 0.0400. The second kappa shape index (κ2) is 8.82. The predicted octanol–water partition coefficient (Wildman–Crippen LogP) is 4.51. The molecule has 0 saturated heterocycles. The van der Waals surface area contributed by atoms with E-state index >= 15 is 0 Å². The molecular formula is C25H17F2N5O3. The minimum absolute atomic E-state index is 0.0948. The van der Waals surface area contributed by atoms with E-state index in [9.17, 15) is 18.4 Å². The third kappa shape index (κ3) is 4.24. The molecule has 1 amide bonds. The number of carbonyl (C=O) groups excluding carboxylic acids is 1. The van der Waals surface area contributed by atoms with Gasteiger partial charge in [-0.15, -0.1) is 0 Å². The average Bonchev–Trinajstić information content (AvgIpc) is 3.23. The monoisotopic (exact) mass is 473 g/mol. The van der Waals surface area contributed by atoms with E-state index in [1.807, 2.05) is 13.0 Å². The van der Waals surface area contributed by atoms with Crippen LogP contribution in [0.1, 0.15) is 15.9 Å². The Labute approximate surface area is 197 Å². The molecular weight excluding hydrogens is 456 g/mol. The third-order valence-corrected chi connectivity index (χ3v) is 5.32. The van der Waals surface area contributed by atoms with E-state index in [-0.39, 0.29) is 22.9 Å². The summed E-state index contributed by atoms with van der Waals surface area (Å²) in [5, 5.41) is 6.59. The van der Waals surface area contributed by atoms with Crippen molar-refractivity contribution in [3.8, 4) is 17.3 Å². The van der Waals surface area contributed by atoms with Crippen LogP contribution in [0.5, 0.6) is 11.6 Å². The molecule has 0 aliphatic carbocycles. The smallest absolute Gasteiger partial charge is 0.267 e. The van der Waals surface area contributed by atoms with Gasteiger partial charge in [-0.25, -0.2) is 13.3 Å². The molecule has 0 fully saturated rings. The zero-order valence-electron chi connectivity index (χ0n) is 18.3. The number of rotatable bonds is 5. The zero-order valence-corrected chi connectivity index (χ0v) is 18.3. The van der Waals surface area contributed by atoms with Crippen LogP contribution in [-0.4, -0.2) is 25.1 Å². The maximum atomic E-state index is 14.8. The van der Waals surface area contributed by atoms with Gasteiger partial charge < -0.3 is 10.1 Å². The molecule has 8 nitrogen and oxygen atoms in total. The molecule has 174 valence electrons.